The Labute approximate surface area is 97.3 Å². The predicted octanol–water partition coefficient (Wildman–Crippen LogP) is 2.65. The molecule has 1 aromatic heterocycles. The van der Waals surface area contributed by atoms with Gasteiger partial charge in [0, 0.05) is 12.4 Å². The number of amides is 1. The lowest BCUT2D eigenvalue weighted by atomic mass is 10.2. The van der Waals surface area contributed by atoms with Gasteiger partial charge in [0.2, 0.25) is 0 Å². The number of aromatic nitrogens is 1. The van der Waals surface area contributed by atoms with Crippen LogP contribution < -0.4 is 5.32 Å². The van der Waals surface area contributed by atoms with Gasteiger partial charge in [-0.25, -0.2) is 0 Å². The van der Waals surface area contributed by atoms with E-state index in [1.54, 1.807) is 18.5 Å². The topological polar surface area (TPSA) is 65.8 Å². The SMILES string of the molecule is CC.CC.Cc1cncc(C(=O)NC#N)c1. The van der Waals surface area contributed by atoms with Gasteiger partial charge < -0.3 is 0 Å². The third kappa shape index (κ3) is 6.55. The van der Waals surface area contributed by atoms with Crippen LogP contribution in [0.4, 0.5) is 0 Å². The highest BCUT2D eigenvalue weighted by Gasteiger charge is 2.03. The summed E-state index contributed by atoms with van der Waals surface area (Å²) < 4.78 is 0. The van der Waals surface area contributed by atoms with E-state index in [4.69, 9.17) is 5.26 Å². The number of pyridine rings is 1. The summed E-state index contributed by atoms with van der Waals surface area (Å²) in [6.07, 6.45) is 4.62. The van der Waals surface area contributed by atoms with E-state index < -0.39 is 5.91 Å². The highest BCUT2D eigenvalue weighted by atomic mass is 16.1. The van der Waals surface area contributed by atoms with Gasteiger partial charge in [-0.15, -0.1) is 0 Å². The van der Waals surface area contributed by atoms with Gasteiger partial charge in [0.05, 0.1) is 5.56 Å². The van der Waals surface area contributed by atoms with Crippen LogP contribution in [0.1, 0.15) is 43.6 Å². The molecule has 0 saturated heterocycles. The lowest BCUT2D eigenvalue weighted by molar-refractivity contribution is 0.0972. The number of hydrogen-bond acceptors (Lipinski definition) is 3. The van der Waals surface area contributed by atoms with Crippen molar-refractivity contribution in [3.05, 3.63) is 29.6 Å². The molecule has 0 atom stereocenters. The second-order valence-electron chi connectivity index (χ2n) is 2.32. The molecule has 0 aliphatic carbocycles. The Morgan fingerprint density at radius 3 is 2.31 bits per heavy atom. The van der Waals surface area contributed by atoms with E-state index in [1.807, 2.05) is 39.9 Å². The third-order valence-electron chi connectivity index (χ3n) is 1.31. The summed E-state index contributed by atoms with van der Waals surface area (Å²) in [6, 6.07) is 1.67. The first kappa shape index (κ1) is 16.5. The molecule has 0 bridgehead atoms. The van der Waals surface area contributed by atoms with Gasteiger partial charge in [-0.1, -0.05) is 27.7 Å². The van der Waals surface area contributed by atoms with Crippen LogP contribution >= 0.6 is 0 Å². The number of carbonyl (C=O) groups excluding carboxylic acids is 1. The number of hydrogen-bond donors (Lipinski definition) is 1. The zero-order valence-corrected chi connectivity index (χ0v) is 10.5. The van der Waals surface area contributed by atoms with Gasteiger partial charge in [0.15, 0.2) is 6.19 Å². The van der Waals surface area contributed by atoms with E-state index >= 15 is 0 Å². The van der Waals surface area contributed by atoms with Gasteiger partial charge in [-0.2, -0.15) is 5.26 Å². The molecule has 0 saturated carbocycles. The highest BCUT2D eigenvalue weighted by Crippen LogP contribution is 1.99. The Morgan fingerprint density at radius 1 is 1.31 bits per heavy atom. The van der Waals surface area contributed by atoms with Crippen LogP contribution in [0.2, 0.25) is 0 Å². The molecule has 0 aromatic carbocycles. The number of carbonyl (C=O) groups is 1. The first-order valence-corrected chi connectivity index (χ1v) is 5.35. The molecule has 1 amide bonds. The molecule has 0 aliphatic heterocycles. The molecule has 0 unspecified atom stereocenters. The van der Waals surface area contributed by atoms with E-state index in [9.17, 15) is 4.79 Å². The van der Waals surface area contributed by atoms with Crippen molar-refractivity contribution in [2.45, 2.75) is 34.6 Å². The maximum absolute atomic E-state index is 11.0. The fourth-order valence-corrected chi connectivity index (χ4v) is 0.802. The van der Waals surface area contributed by atoms with Crippen molar-refractivity contribution >= 4 is 5.91 Å². The maximum atomic E-state index is 11.0. The van der Waals surface area contributed by atoms with Crippen molar-refractivity contribution in [1.29, 1.82) is 5.26 Å². The Hall–Kier alpha value is -1.89. The monoisotopic (exact) mass is 221 g/mol. The third-order valence-corrected chi connectivity index (χ3v) is 1.31. The number of aryl methyl sites for hydroxylation is 1. The lowest BCUT2D eigenvalue weighted by Gasteiger charge is -1.96. The molecule has 1 heterocycles. The van der Waals surface area contributed by atoms with Crippen LogP contribution in [-0.2, 0) is 0 Å². The molecule has 88 valence electrons. The normalized spacial score (nSPS) is 7.25. The van der Waals surface area contributed by atoms with E-state index in [0.717, 1.165) is 5.56 Å². The predicted molar refractivity (Wildman–Crippen MR) is 64.7 cm³/mol. The molecule has 4 heteroatoms. The fourth-order valence-electron chi connectivity index (χ4n) is 0.802. The van der Waals surface area contributed by atoms with E-state index in [0.29, 0.717) is 5.56 Å². The summed E-state index contributed by atoms with van der Waals surface area (Å²) >= 11 is 0. The first-order valence-electron chi connectivity index (χ1n) is 5.35. The molecule has 1 N–H and O–H groups in total. The van der Waals surface area contributed by atoms with Crippen molar-refractivity contribution in [3.63, 3.8) is 0 Å². The summed E-state index contributed by atoms with van der Waals surface area (Å²) in [5.74, 6) is -0.423. The van der Waals surface area contributed by atoms with Crippen molar-refractivity contribution < 1.29 is 4.79 Å². The minimum Gasteiger partial charge on any atom is -0.268 e. The molecular weight excluding hydrogens is 202 g/mol. The summed E-state index contributed by atoms with van der Waals surface area (Å²) in [7, 11) is 0. The van der Waals surface area contributed by atoms with E-state index in [2.05, 4.69) is 4.98 Å². The quantitative estimate of drug-likeness (QED) is 0.585. The van der Waals surface area contributed by atoms with E-state index in [-0.39, 0.29) is 0 Å². The van der Waals surface area contributed by atoms with Gasteiger partial charge in [-0.3, -0.25) is 15.1 Å². The van der Waals surface area contributed by atoms with Gasteiger partial charge in [0.25, 0.3) is 5.91 Å². The molecular formula is C12H19N3O. The maximum Gasteiger partial charge on any atom is 0.265 e. The Bertz CT molecular complexity index is 342. The Balaban J connectivity index is 0. The molecule has 4 nitrogen and oxygen atoms in total. The second-order valence-corrected chi connectivity index (χ2v) is 2.32. The van der Waals surface area contributed by atoms with Gasteiger partial charge >= 0.3 is 0 Å². The summed E-state index contributed by atoms with van der Waals surface area (Å²) in [4.78, 5) is 14.8. The van der Waals surface area contributed by atoms with Gasteiger partial charge in [0.1, 0.15) is 0 Å². The Kier molecular flexibility index (Phi) is 11.6. The first-order chi connectivity index (χ1) is 7.74. The van der Waals surface area contributed by atoms with Crippen LogP contribution in [0.3, 0.4) is 0 Å². The minimum atomic E-state index is -0.423. The summed E-state index contributed by atoms with van der Waals surface area (Å²) in [5, 5.41) is 10.2. The van der Waals surface area contributed by atoms with Crippen LogP contribution in [0.15, 0.2) is 18.5 Å². The van der Waals surface area contributed by atoms with Crippen molar-refractivity contribution in [3.8, 4) is 6.19 Å². The number of nitrogens with one attached hydrogen (secondary N) is 1. The molecule has 0 spiro atoms. The van der Waals surface area contributed by atoms with Crippen LogP contribution in [0, 0.1) is 18.4 Å². The standard InChI is InChI=1S/C8H7N3O.2C2H6/c1-6-2-7(4-10-3-6)8(12)11-5-9;2*1-2/h2-4H,1H3,(H,11,12);2*1-2H3. The molecule has 16 heavy (non-hydrogen) atoms. The summed E-state index contributed by atoms with van der Waals surface area (Å²) in [5.41, 5.74) is 1.29. The minimum absolute atomic E-state index is 0.400. The number of rotatable bonds is 1. The largest absolute Gasteiger partial charge is 0.268 e. The zero-order chi connectivity index (χ0) is 13.0. The second kappa shape index (κ2) is 11.2. The average Bonchev–Trinajstić information content (AvgIpc) is 2.34. The fraction of sp³-hybridized carbons (Fsp3) is 0.417. The van der Waals surface area contributed by atoms with Crippen LogP contribution in [0.5, 0.6) is 0 Å². The lowest BCUT2D eigenvalue weighted by Crippen LogP contribution is -2.17. The average molecular weight is 221 g/mol. The van der Waals surface area contributed by atoms with Crippen molar-refractivity contribution in [2.24, 2.45) is 0 Å². The van der Waals surface area contributed by atoms with E-state index in [1.165, 1.54) is 6.20 Å². The van der Waals surface area contributed by atoms with Gasteiger partial charge in [-0.05, 0) is 18.6 Å². The zero-order valence-electron chi connectivity index (χ0n) is 10.5. The van der Waals surface area contributed by atoms with Crippen LogP contribution in [0.25, 0.3) is 0 Å². The highest BCUT2D eigenvalue weighted by molar-refractivity contribution is 5.94. The van der Waals surface area contributed by atoms with Crippen molar-refractivity contribution in [2.75, 3.05) is 0 Å². The molecule has 0 fully saturated rings. The smallest absolute Gasteiger partial charge is 0.265 e. The van der Waals surface area contributed by atoms with Crippen molar-refractivity contribution in [1.82, 2.24) is 10.3 Å². The molecule has 1 aromatic rings. The molecule has 1 rings (SSSR count). The molecule has 0 aliphatic rings. The van der Waals surface area contributed by atoms with Crippen LogP contribution in [-0.4, -0.2) is 10.9 Å². The molecule has 0 radical (unpaired) electrons. The summed E-state index contributed by atoms with van der Waals surface area (Å²) in [6.45, 7) is 9.83. The number of nitriles is 1. The number of nitrogens with zero attached hydrogens (tertiary/aromatic N) is 2. The Morgan fingerprint density at radius 2 is 1.88 bits per heavy atom.